The number of aryl methyl sites for hydroxylation is 2. The van der Waals surface area contributed by atoms with E-state index in [1.165, 1.54) is 11.4 Å². The third-order valence-electron chi connectivity index (χ3n) is 7.14. The smallest absolute Gasteiger partial charge is 0.0887 e. The minimum atomic E-state index is 0.737. The highest BCUT2D eigenvalue weighted by atomic mass is 15.1. The van der Waals surface area contributed by atoms with Crippen LogP contribution in [0.3, 0.4) is 0 Å². The van der Waals surface area contributed by atoms with Crippen LogP contribution in [0.5, 0.6) is 0 Å². The second-order valence-electron chi connectivity index (χ2n) is 9.92. The third kappa shape index (κ3) is 7.94. The van der Waals surface area contributed by atoms with Crippen LogP contribution in [0.1, 0.15) is 38.8 Å². The third-order valence-corrected chi connectivity index (χ3v) is 7.14. The van der Waals surface area contributed by atoms with Crippen molar-refractivity contribution in [1.29, 1.82) is 0 Å². The number of azo groups is 3. The second kappa shape index (κ2) is 14.8. The van der Waals surface area contributed by atoms with Crippen LogP contribution in [0.25, 0.3) is 0 Å². The molecule has 0 aliphatic heterocycles. The zero-order valence-corrected chi connectivity index (χ0v) is 25.5. The SMILES string of the molecule is CCN(CC)c1ccc(N=Nc2ccc(N=Nc3ccc(N=Nc4ccc(N(CC)CC)cc4C)cc3)cc2)c(C)c1. The highest BCUT2D eigenvalue weighted by Gasteiger charge is 2.06. The van der Waals surface area contributed by atoms with Gasteiger partial charge in [-0.05, 0) is 138 Å². The van der Waals surface area contributed by atoms with Gasteiger partial charge in [-0.1, -0.05) is 0 Å². The fraction of sp³-hybridized carbons (Fsp3) is 0.294. The first kappa shape index (κ1) is 30.2. The summed E-state index contributed by atoms with van der Waals surface area (Å²) in [7, 11) is 0. The monoisotopic (exact) mass is 560 g/mol. The van der Waals surface area contributed by atoms with Crippen LogP contribution in [0, 0.1) is 13.8 Å². The van der Waals surface area contributed by atoms with Crippen molar-refractivity contribution < 1.29 is 0 Å². The summed E-state index contributed by atoms with van der Waals surface area (Å²) >= 11 is 0. The molecule has 0 aromatic heterocycles. The Morgan fingerprint density at radius 1 is 0.405 bits per heavy atom. The lowest BCUT2D eigenvalue weighted by molar-refractivity contribution is 0.865. The molecule has 0 aliphatic carbocycles. The fourth-order valence-electron chi connectivity index (χ4n) is 4.59. The molecule has 0 fully saturated rings. The van der Waals surface area contributed by atoms with Gasteiger partial charge in [-0.3, -0.25) is 0 Å². The maximum Gasteiger partial charge on any atom is 0.0887 e. The van der Waals surface area contributed by atoms with Crippen molar-refractivity contribution in [3.63, 3.8) is 0 Å². The molecular weight excluding hydrogens is 520 g/mol. The number of benzene rings is 4. The standard InChI is InChI=1S/C34H40N8/c1-7-41(8-2)31-19-21-33(25(5)23-31)39-37-29-15-11-27(12-16-29)35-36-28-13-17-30(18-14-28)38-40-34-22-20-32(24-26(34)6)42(9-3)10-4/h11-24H,7-10H2,1-6H3. The quantitative estimate of drug-likeness (QED) is 0.161. The lowest BCUT2D eigenvalue weighted by Gasteiger charge is -2.21. The van der Waals surface area contributed by atoms with E-state index in [9.17, 15) is 0 Å². The Balaban J connectivity index is 1.35. The molecule has 8 heteroatoms. The predicted molar refractivity (Wildman–Crippen MR) is 175 cm³/mol. The number of hydrogen-bond donors (Lipinski definition) is 0. The molecular formula is C34H40N8. The van der Waals surface area contributed by atoms with Crippen LogP contribution in [0.2, 0.25) is 0 Å². The summed E-state index contributed by atoms with van der Waals surface area (Å²) in [5.41, 5.74) is 9.32. The summed E-state index contributed by atoms with van der Waals surface area (Å²) in [6.45, 7) is 16.7. The van der Waals surface area contributed by atoms with E-state index in [1.54, 1.807) is 0 Å². The molecule has 4 rings (SSSR count). The molecule has 0 atom stereocenters. The molecule has 42 heavy (non-hydrogen) atoms. The van der Waals surface area contributed by atoms with Crippen molar-refractivity contribution in [2.24, 2.45) is 30.7 Å². The fourth-order valence-corrected chi connectivity index (χ4v) is 4.59. The van der Waals surface area contributed by atoms with Crippen molar-refractivity contribution in [2.45, 2.75) is 41.5 Å². The van der Waals surface area contributed by atoms with E-state index in [4.69, 9.17) is 0 Å². The van der Waals surface area contributed by atoms with Gasteiger partial charge in [0.25, 0.3) is 0 Å². The zero-order chi connectivity index (χ0) is 29.9. The Morgan fingerprint density at radius 3 is 0.952 bits per heavy atom. The lowest BCUT2D eigenvalue weighted by atomic mass is 10.1. The number of hydrogen-bond acceptors (Lipinski definition) is 8. The van der Waals surface area contributed by atoms with Crippen LogP contribution >= 0.6 is 0 Å². The summed E-state index contributed by atoms with van der Waals surface area (Å²) in [6, 6.07) is 27.6. The summed E-state index contributed by atoms with van der Waals surface area (Å²) in [6.07, 6.45) is 0. The van der Waals surface area contributed by atoms with Gasteiger partial charge in [-0.2, -0.15) is 30.7 Å². The van der Waals surface area contributed by atoms with E-state index in [2.05, 4.69) is 106 Å². The Bertz CT molecular complexity index is 1410. The molecule has 0 unspecified atom stereocenters. The van der Waals surface area contributed by atoms with Gasteiger partial charge in [-0.25, -0.2) is 0 Å². The summed E-state index contributed by atoms with van der Waals surface area (Å²) < 4.78 is 0. The molecule has 0 aliphatic rings. The maximum absolute atomic E-state index is 4.45. The first-order valence-corrected chi connectivity index (χ1v) is 14.6. The van der Waals surface area contributed by atoms with Crippen molar-refractivity contribution in [1.82, 2.24) is 0 Å². The van der Waals surface area contributed by atoms with Crippen LogP contribution in [0.15, 0.2) is 116 Å². The average molecular weight is 561 g/mol. The Morgan fingerprint density at radius 2 is 0.690 bits per heavy atom. The van der Waals surface area contributed by atoms with E-state index < -0.39 is 0 Å². The van der Waals surface area contributed by atoms with Crippen LogP contribution in [-0.2, 0) is 0 Å². The minimum absolute atomic E-state index is 0.737. The van der Waals surface area contributed by atoms with Gasteiger partial charge in [0, 0.05) is 37.6 Å². The van der Waals surface area contributed by atoms with Gasteiger partial charge >= 0.3 is 0 Å². The van der Waals surface area contributed by atoms with Gasteiger partial charge in [-0.15, -0.1) is 0 Å². The second-order valence-corrected chi connectivity index (χ2v) is 9.92. The Hall–Kier alpha value is -4.72. The predicted octanol–water partition coefficient (Wildman–Crippen LogP) is 11.2. The Kier molecular flexibility index (Phi) is 10.6. The minimum Gasteiger partial charge on any atom is -0.372 e. The molecule has 0 spiro atoms. The van der Waals surface area contributed by atoms with Gasteiger partial charge < -0.3 is 9.80 Å². The molecule has 0 saturated carbocycles. The number of nitrogens with zero attached hydrogens (tertiary/aromatic N) is 8. The molecule has 8 nitrogen and oxygen atoms in total. The molecule has 216 valence electrons. The highest BCUT2D eigenvalue weighted by Crippen LogP contribution is 2.29. The molecule has 0 heterocycles. The van der Waals surface area contributed by atoms with E-state index in [1.807, 2.05) is 60.7 Å². The van der Waals surface area contributed by atoms with E-state index >= 15 is 0 Å². The van der Waals surface area contributed by atoms with E-state index in [0.29, 0.717) is 0 Å². The van der Waals surface area contributed by atoms with Crippen molar-refractivity contribution >= 4 is 45.5 Å². The largest absolute Gasteiger partial charge is 0.372 e. The van der Waals surface area contributed by atoms with Gasteiger partial charge in [0.1, 0.15) is 0 Å². The lowest BCUT2D eigenvalue weighted by Crippen LogP contribution is -2.21. The van der Waals surface area contributed by atoms with Crippen LogP contribution in [-0.4, -0.2) is 26.2 Å². The molecule has 0 N–H and O–H groups in total. The number of rotatable bonds is 12. The number of anilines is 2. The first-order chi connectivity index (χ1) is 20.4. The molecule has 4 aromatic rings. The average Bonchev–Trinajstić information content (AvgIpc) is 3.01. The molecule has 0 bridgehead atoms. The summed E-state index contributed by atoms with van der Waals surface area (Å²) in [5.74, 6) is 0. The van der Waals surface area contributed by atoms with Crippen molar-refractivity contribution in [3.8, 4) is 0 Å². The molecule has 4 aromatic carbocycles. The topological polar surface area (TPSA) is 80.6 Å². The van der Waals surface area contributed by atoms with Crippen molar-refractivity contribution in [3.05, 3.63) is 96.1 Å². The highest BCUT2D eigenvalue weighted by molar-refractivity contribution is 5.59. The molecule has 0 amide bonds. The first-order valence-electron chi connectivity index (χ1n) is 14.6. The van der Waals surface area contributed by atoms with E-state index in [0.717, 1.165) is 71.4 Å². The van der Waals surface area contributed by atoms with Crippen molar-refractivity contribution in [2.75, 3.05) is 36.0 Å². The van der Waals surface area contributed by atoms with Gasteiger partial charge in [0.15, 0.2) is 0 Å². The Labute approximate surface area is 249 Å². The van der Waals surface area contributed by atoms with E-state index in [-0.39, 0.29) is 0 Å². The summed E-state index contributed by atoms with van der Waals surface area (Å²) in [5, 5.41) is 26.4. The van der Waals surface area contributed by atoms with Gasteiger partial charge in [0.05, 0.1) is 34.1 Å². The molecule has 0 radical (unpaired) electrons. The maximum atomic E-state index is 4.45. The summed E-state index contributed by atoms with van der Waals surface area (Å²) in [4.78, 5) is 4.63. The molecule has 0 saturated heterocycles. The zero-order valence-electron chi connectivity index (χ0n) is 25.5. The van der Waals surface area contributed by atoms with Crippen LogP contribution < -0.4 is 9.80 Å². The normalized spacial score (nSPS) is 11.7. The van der Waals surface area contributed by atoms with Gasteiger partial charge in [0.2, 0.25) is 0 Å². The van der Waals surface area contributed by atoms with Crippen LogP contribution in [0.4, 0.5) is 45.5 Å².